The number of carbonyl (C=O) groups excluding carboxylic acids is 1. The molecule has 0 spiro atoms. The van der Waals surface area contributed by atoms with E-state index < -0.39 is 5.43 Å². The molecule has 0 amide bonds. The van der Waals surface area contributed by atoms with Gasteiger partial charge in [0.25, 0.3) is 0 Å². The third-order valence-electron chi connectivity index (χ3n) is 1.66. The molecule has 1 aliphatic rings. The van der Waals surface area contributed by atoms with E-state index in [1.165, 1.54) is 19.3 Å². The van der Waals surface area contributed by atoms with Gasteiger partial charge in [0.05, 0.1) is 6.61 Å². The van der Waals surface area contributed by atoms with E-state index in [1.807, 2.05) is 0 Å². The molecule has 3 heteroatoms. The molecule has 0 saturated heterocycles. The number of carbonyl (C=O) groups is 1. The summed E-state index contributed by atoms with van der Waals surface area (Å²) < 4.78 is 4.57. The highest BCUT2D eigenvalue weighted by Crippen LogP contribution is 2.26. The summed E-state index contributed by atoms with van der Waals surface area (Å²) in [5, 5.41) is 0. The van der Waals surface area contributed by atoms with Gasteiger partial charge in [0, 0.05) is 11.6 Å². The lowest BCUT2D eigenvalue weighted by atomic mass is 9.86. The largest absolute Gasteiger partial charge is 0.453 e. The predicted octanol–water partition coefficient (Wildman–Crippen LogP) is 2.16. The number of ether oxygens (including phenoxy) is 1. The number of rotatable bonds is 2. The normalized spacial score (nSPS) is 18.8. The molecular weight excluding hydrogens is 140 g/mol. The standard InChI is InChI=1S/C6H9ClO2/c7-6(8)9-4-5-2-1-3-5/h5H,1-4H2. The maximum atomic E-state index is 10.0. The van der Waals surface area contributed by atoms with Gasteiger partial charge in [0.2, 0.25) is 0 Å². The second-order valence-electron chi connectivity index (χ2n) is 2.35. The Morgan fingerprint density at radius 1 is 1.67 bits per heavy atom. The Kier molecular flexibility index (Phi) is 2.34. The molecule has 0 heterocycles. The van der Waals surface area contributed by atoms with E-state index in [2.05, 4.69) is 4.74 Å². The predicted molar refractivity (Wildman–Crippen MR) is 34.5 cm³/mol. The van der Waals surface area contributed by atoms with Crippen molar-refractivity contribution in [2.75, 3.05) is 6.61 Å². The Hall–Kier alpha value is -0.240. The van der Waals surface area contributed by atoms with Crippen LogP contribution in [0, 0.1) is 5.92 Å². The maximum Gasteiger partial charge on any atom is 0.403 e. The molecule has 0 radical (unpaired) electrons. The van der Waals surface area contributed by atoms with Crippen LogP contribution in [0.3, 0.4) is 0 Å². The first-order valence-corrected chi connectivity index (χ1v) is 3.49. The number of halogens is 1. The minimum Gasteiger partial charge on any atom is -0.453 e. The summed E-state index contributed by atoms with van der Waals surface area (Å²) in [6.07, 6.45) is 3.64. The zero-order valence-electron chi connectivity index (χ0n) is 5.10. The molecule has 0 aromatic carbocycles. The van der Waals surface area contributed by atoms with Crippen molar-refractivity contribution in [3.8, 4) is 0 Å². The van der Waals surface area contributed by atoms with E-state index in [1.54, 1.807) is 0 Å². The first-order chi connectivity index (χ1) is 4.29. The van der Waals surface area contributed by atoms with Crippen LogP contribution in [0.1, 0.15) is 19.3 Å². The highest BCUT2D eigenvalue weighted by molar-refractivity contribution is 6.61. The molecule has 1 saturated carbocycles. The van der Waals surface area contributed by atoms with Crippen LogP contribution in [-0.4, -0.2) is 12.0 Å². The zero-order valence-corrected chi connectivity index (χ0v) is 5.86. The Balaban J connectivity index is 1.97. The SMILES string of the molecule is O=C(Cl)OCC1CCC1. The fourth-order valence-electron chi connectivity index (χ4n) is 0.843. The van der Waals surface area contributed by atoms with Crippen LogP contribution in [-0.2, 0) is 4.74 Å². The van der Waals surface area contributed by atoms with Gasteiger partial charge in [-0.25, -0.2) is 4.79 Å². The lowest BCUT2D eigenvalue weighted by Crippen LogP contribution is -2.17. The van der Waals surface area contributed by atoms with Crippen molar-refractivity contribution in [2.45, 2.75) is 19.3 Å². The molecule has 1 rings (SSSR count). The van der Waals surface area contributed by atoms with Gasteiger partial charge in [-0.3, -0.25) is 0 Å². The lowest BCUT2D eigenvalue weighted by Gasteiger charge is -2.23. The Labute approximate surface area is 59.1 Å². The number of hydrogen-bond donors (Lipinski definition) is 0. The fourth-order valence-corrected chi connectivity index (χ4v) is 0.906. The van der Waals surface area contributed by atoms with Crippen molar-refractivity contribution in [3.05, 3.63) is 0 Å². The van der Waals surface area contributed by atoms with E-state index in [4.69, 9.17) is 11.6 Å². The average molecular weight is 149 g/mol. The van der Waals surface area contributed by atoms with Crippen LogP contribution in [0.15, 0.2) is 0 Å². The molecule has 0 bridgehead atoms. The monoisotopic (exact) mass is 148 g/mol. The van der Waals surface area contributed by atoms with E-state index in [0.29, 0.717) is 12.5 Å². The summed E-state index contributed by atoms with van der Waals surface area (Å²) in [6, 6.07) is 0. The van der Waals surface area contributed by atoms with Crippen LogP contribution in [0.25, 0.3) is 0 Å². The lowest BCUT2D eigenvalue weighted by molar-refractivity contribution is 0.124. The van der Waals surface area contributed by atoms with Crippen LogP contribution in [0.2, 0.25) is 0 Å². The molecule has 2 nitrogen and oxygen atoms in total. The quantitative estimate of drug-likeness (QED) is 0.561. The zero-order chi connectivity index (χ0) is 6.69. The topological polar surface area (TPSA) is 26.3 Å². The molecule has 0 unspecified atom stereocenters. The number of hydrogen-bond acceptors (Lipinski definition) is 2. The highest BCUT2D eigenvalue weighted by Gasteiger charge is 2.18. The van der Waals surface area contributed by atoms with Crippen molar-refractivity contribution < 1.29 is 9.53 Å². The molecule has 1 fully saturated rings. The Bertz CT molecular complexity index is 110. The molecule has 0 aromatic heterocycles. The van der Waals surface area contributed by atoms with Gasteiger partial charge < -0.3 is 4.74 Å². The summed E-state index contributed by atoms with van der Waals surface area (Å²) >= 11 is 4.94. The van der Waals surface area contributed by atoms with Gasteiger partial charge >= 0.3 is 5.43 Å². The van der Waals surface area contributed by atoms with Crippen molar-refractivity contribution in [3.63, 3.8) is 0 Å². The minimum absolute atomic E-state index is 0.516. The summed E-state index contributed by atoms with van der Waals surface area (Å²) in [5.41, 5.74) is -0.679. The Morgan fingerprint density at radius 3 is 2.67 bits per heavy atom. The summed E-state index contributed by atoms with van der Waals surface area (Å²) in [6.45, 7) is 0.516. The van der Waals surface area contributed by atoms with E-state index in [9.17, 15) is 4.79 Å². The van der Waals surface area contributed by atoms with Crippen LogP contribution >= 0.6 is 11.6 Å². The molecule has 0 aliphatic heterocycles. The molecule has 0 N–H and O–H groups in total. The summed E-state index contributed by atoms with van der Waals surface area (Å²) in [5.74, 6) is 0.590. The Morgan fingerprint density at radius 2 is 2.33 bits per heavy atom. The van der Waals surface area contributed by atoms with Crippen LogP contribution in [0.4, 0.5) is 4.79 Å². The smallest absolute Gasteiger partial charge is 0.403 e. The maximum absolute atomic E-state index is 10.0. The first-order valence-electron chi connectivity index (χ1n) is 3.11. The van der Waals surface area contributed by atoms with E-state index in [-0.39, 0.29) is 0 Å². The van der Waals surface area contributed by atoms with Gasteiger partial charge in [0.15, 0.2) is 0 Å². The third kappa shape index (κ3) is 2.22. The van der Waals surface area contributed by atoms with Crippen LogP contribution in [0.5, 0.6) is 0 Å². The molecule has 9 heavy (non-hydrogen) atoms. The first kappa shape index (κ1) is 6.87. The second-order valence-corrected chi connectivity index (χ2v) is 2.65. The van der Waals surface area contributed by atoms with Crippen LogP contribution < -0.4 is 0 Å². The van der Waals surface area contributed by atoms with E-state index >= 15 is 0 Å². The summed E-state index contributed by atoms with van der Waals surface area (Å²) in [7, 11) is 0. The molecule has 0 aromatic rings. The van der Waals surface area contributed by atoms with E-state index in [0.717, 1.165) is 0 Å². The van der Waals surface area contributed by atoms with Crippen molar-refractivity contribution in [1.82, 2.24) is 0 Å². The van der Waals surface area contributed by atoms with Crippen molar-refractivity contribution in [2.24, 2.45) is 5.92 Å². The van der Waals surface area contributed by atoms with Gasteiger partial charge in [-0.1, -0.05) is 6.42 Å². The van der Waals surface area contributed by atoms with Crippen molar-refractivity contribution >= 4 is 17.0 Å². The molecule has 52 valence electrons. The van der Waals surface area contributed by atoms with Crippen molar-refractivity contribution in [1.29, 1.82) is 0 Å². The minimum atomic E-state index is -0.679. The third-order valence-corrected chi connectivity index (χ3v) is 1.77. The van der Waals surface area contributed by atoms with Gasteiger partial charge in [-0.15, -0.1) is 0 Å². The molecule has 1 aliphatic carbocycles. The summed E-state index contributed by atoms with van der Waals surface area (Å²) in [4.78, 5) is 10.0. The molecule has 0 atom stereocenters. The second kappa shape index (κ2) is 3.06. The average Bonchev–Trinajstić information content (AvgIpc) is 1.60. The molecular formula is C6H9ClO2. The van der Waals surface area contributed by atoms with Gasteiger partial charge in [-0.05, 0) is 18.8 Å². The highest BCUT2D eigenvalue weighted by atomic mass is 35.5. The fraction of sp³-hybridized carbons (Fsp3) is 0.833. The van der Waals surface area contributed by atoms with Gasteiger partial charge in [0.1, 0.15) is 0 Å². The van der Waals surface area contributed by atoms with Gasteiger partial charge in [-0.2, -0.15) is 0 Å².